The highest BCUT2D eigenvalue weighted by atomic mass is 16.1. The molecule has 0 bridgehead atoms. The molecule has 29 heavy (non-hydrogen) atoms. The van der Waals surface area contributed by atoms with Crippen LogP contribution in [0.3, 0.4) is 0 Å². The van der Waals surface area contributed by atoms with Crippen LogP contribution >= 0.6 is 0 Å². The summed E-state index contributed by atoms with van der Waals surface area (Å²) in [6.07, 6.45) is 5.83. The predicted octanol–water partition coefficient (Wildman–Crippen LogP) is 4.77. The molecule has 0 aromatic heterocycles. The Morgan fingerprint density at radius 2 is 1.10 bits per heavy atom. The maximum absolute atomic E-state index is 10.9. The van der Waals surface area contributed by atoms with Crippen molar-refractivity contribution in [2.24, 2.45) is 15.0 Å². The van der Waals surface area contributed by atoms with Crippen molar-refractivity contribution in [2.45, 2.75) is 12.8 Å². The fourth-order valence-electron chi connectivity index (χ4n) is 3.05. The normalized spacial score (nSPS) is 9.66. The van der Waals surface area contributed by atoms with E-state index in [1.165, 1.54) is 12.2 Å². The first-order valence-corrected chi connectivity index (χ1v) is 8.75. The lowest BCUT2D eigenvalue weighted by atomic mass is 9.93. The molecule has 6 nitrogen and oxygen atoms in total. The van der Waals surface area contributed by atoms with Crippen LogP contribution < -0.4 is 0 Å². The van der Waals surface area contributed by atoms with Crippen molar-refractivity contribution in [2.75, 3.05) is 0 Å². The lowest BCUT2D eigenvalue weighted by Crippen LogP contribution is -1.98. The molecule has 3 aromatic rings. The van der Waals surface area contributed by atoms with Crippen LogP contribution in [-0.2, 0) is 27.2 Å². The summed E-state index contributed by atoms with van der Waals surface area (Å²) in [5, 5.41) is 0. The molecule has 6 heteroatoms. The van der Waals surface area contributed by atoms with Crippen molar-refractivity contribution in [1.29, 1.82) is 0 Å². The second-order valence-electron chi connectivity index (χ2n) is 6.21. The average Bonchev–Trinajstić information content (AvgIpc) is 2.74. The molecule has 0 radical (unpaired) electrons. The van der Waals surface area contributed by atoms with Gasteiger partial charge in [0, 0.05) is 0 Å². The second kappa shape index (κ2) is 9.65. The highest BCUT2D eigenvalue weighted by Crippen LogP contribution is 2.28. The minimum atomic E-state index is 0.529. The maximum atomic E-state index is 10.9. The van der Waals surface area contributed by atoms with Crippen LogP contribution in [0.15, 0.2) is 81.7 Å². The summed E-state index contributed by atoms with van der Waals surface area (Å²) in [5.74, 6) is 0. The number of hydrogen-bond donors (Lipinski definition) is 0. The molecule has 0 aliphatic carbocycles. The monoisotopic (exact) mass is 381 g/mol. The molecule has 0 heterocycles. The van der Waals surface area contributed by atoms with Gasteiger partial charge in [0.15, 0.2) is 0 Å². The first-order chi connectivity index (χ1) is 14.2. The molecule has 0 spiro atoms. The molecule has 3 aromatic carbocycles. The lowest BCUT2D eigenvalue weighted by molar-refractivity contribution is 0.564. The van der Waals surface area contributed by atoms with Gasteiger partial charge in [-0.3, -0.25) is 0 Å². The highest BCUT2D eigenvalue weighted by molar-refractivity contribution is 5.59. The van der Waals surface area contributed by atoms with Crippen LogP contribution in [0.25, 0.3) is 0 Å². The second-order valence-corrected chi connectivity index (χ2v) is 6.21. The minimum Gasteiger partial charge on any atom is -0.211 e. The molecule has 0 saturated carbocycles. The number of benzene rings is 3. The molecule has 0 amide bonds. The van der Waals surface area contributed by atoms with E-state index in [1.807, 2.05) is 36.4 Å². The standard InChI is InChI=1S/C23H15N3O3/c27-14-24-20-8-4-17(5-9-20)12-19-2-1-3-23(26-16-29)22(19)13-18-6-10-21(11-7-18)25-15-28/h1-11H,12-13H2. The van der Waals surface area contributed by atoms with E-state index in [9.17, 15) is 14.4 Å². The first kappa shape index (κ1) is 19.6. The van der Waals surface area contributed by atoms with E-state index in [0.717, 1.165) is 22.3 Å². The van der Waals surface area contributed by atoms with Crippen molar-refractivity contribution < 1.29 is 14.4 Å². The van der Waals surface area contributed by atoms with E-state index >= 15 is 0 Å². The number of hydrogen-bond acceptors (Lipinski definition) is 6. The molecule has 140 valence electrons. The first-order valence-electron chi connectivity index (χ1n) is 8.75. The zero-order chi connectivity index (χ0) is 20.5. The van der Waals surface area contributed by atoms with Gasteiger partial charge in [0.1, 0.15) is 0 Å². The Morgan fingerprint density at radius 1 is 0.586 bits per heavy atom. The van der Waals surface area contributed by atoms with Crippen LogP contribution in [0, 0.1) is 0 Å². The number of isocyanates is 3. The third-order valence-corrected chi connectivity index (χ3v) is 4.41. The third-order valence-electron chi connectivity index (χ3n) is 4.41. The Labute approximate surface area is 167 Å². The zero-order valence-corrected chi connectivity index (χ0v) is 15.3. The van der Waals surface area contributed by atoms with E-state index in [1.54, 1.807) is 36.4 Å². The minimum absolute atomic E-state index is 0.529. The van der Waals surface area contributed by atoms with Gasteiger partial charge in [-0.25, -0.2) is 14.4 Å². The number of carbonyl (C=O) groups excluding carboxylic acids is 3. The SMILES string of the molecule is O=C=Nc1ccc(Cc2cccc(N=C=O)c2Cc2ccc(N=C=O)cc2)cc1. The fourth-order valence-corrected chi connectivity index (χ4v) is 3.05. The van der Waals surface area contributed by atoms with Crippen LogP contribution in [0.4, 0.5) is 17.1 Å². The summed E-state index contributed by atoms with van der Waals surface area (Å²) in [6, 6.07) is 20.1. The maximum Gasteiger partial charge on any atom is 0.240 e. The van der Waals surface area contributed by atoms with E-state index < -0.39 is 0 Å². The van der Waals surface area contributed by atoms with Gasteiger partial charge in [-0.2, -0.15) is 15.0 Å². The highest BCUT2D eigenvalue weighted by Gasteiger charge is 2.10. The lowest BCUT2D eigenvalue weighted by Gasteiger charge is -2.13. The van der Waals surface area contributed by atoms with E-state index in [4.69, 9.17) is 0 Å². The molecule has 0 N–H and O–H groups in total. The van der Waals surface area contributed by atoms with Crippen molar-refractivity contribution in [3.05, 3.63) is 89.0 Å². The van der Waals surface area contributed by atoms with Crippen LogP contribution in [0.2, 0.25) is 0 Å². The predicted molar refractivity (Wildman–Crippen MR) is 108 cm³/mol. The van der Waals surface area contributed by atoms with E-state index in [2.05, 4.69) is 15.0 Å². The number of aliphatic imine (C=N–C) groups is 3. The van der Waals surface area contributed by atoms with Gasteiger partial charge >= 0.3 is 0 Å². The van der Waals surface area contributed by atoms with Crippen LogP contribution in [0.1, 0.15) is 22.3 Å². The summed E-state index contributed by atoms with van der Waals surface area (Å²) in [6.45, 7) is 0. The smallest absolute Gasteiger partial charge is 0.211 e. The van der Waals surface area contributed by atoms with Crippen molar-refractivity contribution in [1.82, 2.24) is 0 Å². The molecule has 0 saturated heterocycles. The number of nitrogens with zero attached hydrogens (tertiary/aromatic N) is 3. The Hall–Kier alpha value is -4.20. The largest absolute Gasteiger partial charge is 0.240 e. The molecule has 3 rings (SSSR count). The third kappa shape index (κ3) is 5.16. The van der Waals surface area contributed by atoms with E-state index in [-0.39, 0.29) is 0 Å². The Morgan fingerprint density at radius 3 is 1.62 bits per heavy atom. The fraction of sp³-hybridized carbons (Fsp3) is 0.0870. The van der Waals surface area contributed by atoms with Crippen molar-refractivity contribution in [3.8, 4) is 0 Å². The molecule has 0 aliphatic rings. The molecule has 0 unspecified atom stereocenters. The Balaban J connectivity index is 1.94. The van der Waals surface area contributed by atoms with Crippen molar-refractivity contribution >= 4 is 35.3 Å². The van der Waals surface area contributed by atoms with Crippen LogP contribution in [0.5, 0.6) is 0 Å². The van der Waals surface area contributed by atoms with Gasteiger partial charge in [0.2, 0.25) is 18.2 Å². The number of rotatable bonds is 7. The Kier molecular flexibility index (Phi) is 6.51. The molecular formula is C23H15N3O3. The summed E-state index contributed by atoms with van der Waals surface area (Å²) >= 11 is 0. The topological polar surface area (TPSA) is 88.3 Å². The summed E-state index contributed by atoms with van der Waals surface area (Å²) < 4.78 is 0. The zero-order valence-electron chi connectivity index (χ0n) is 15.3. The van der Waals surface area contributed by atoms with Gasteiger partial charge in [0.25, 0.3) is 0 Å². The van der Waals surface area contributed by atoms with Gasteiger partial charge in [-0.15, -0.1) is 0 Å². The van der Waals surface area contributed by atoms with Crippen molar-refractivity contribution in [3.63, 3.8) is 0 Å². The molecule has 0 fully saturated rings. The van der Waals surface area contributed by atoms with Crippen LogP contribution in [-0.4, -0.2) is 18.2 Å². The quantitative estimate of drug-likeness (QED) is 0.436. The van der Waals surface area contributed by atoms with Gasteiger partial charge in [-0.05, 0) is 65.4 Å². The molecule has 0 atom stereocenters. The van der Waals surface area contributed by atoms with Gasteiger partial charge in [-0.1, -0.05) is 36.4 Å². The Bertz CT molecular complexity index is 1150. The van der Waals surface area contributed by atoms with Gasteiger partial charge < -0.3 is 0 Å². The molecule has 0 aliphatic heterocycles. The van der Waals surface area contributed by atoms with E-state index in [0.29, 0.717) is 29.9 Å². The summed E-state index contributed by atoms with van der Waals surface area (Å²) in [4.78, 5) is 42.7. The average molecular weight is 381 g/mol. The molecular weight excluding hydrogens is 366 g/mol. The summed E-state index contributed by atoms with van der Waals surface area (Å²) in [5.41, 5.74) is 5.58. The summed E-state index contributed by atoms with van der Waals surface area (Å²) in [7, 11) is 0. The van der Waals surface area contributed by atoms with Gasteiger partial charge in [0.05, 0.1) is 17.1 Å².